The summed E-state index contributed by atoms with van der Waals surface area (Å²) in [6.45, 7) is -0.562. The minimum Gasteiger partial charge on any atom is -0.493 e. The summed E-state index contributed by atoms with van der Waals surface area (Å²) in [5.41, 5.74) is 0.583. The van der Waals surface area contributed by atoms with Crippen LogP contribution in [0, 0.1) is 5.82 Å². The molecule has 0 saturated carbocycles. The fraction of sp³-hybridized carbons (Fsp3) is 0.200. The van der Waals surface area contributed by atoms with E-state index >= 15 is 0 Å². The van der Waals surface area contributed by atoms with Crippen LogP contribution in [0.4, 0.5) is 10.1 Å². The van der Waals surface area contributed by atoms with Gasteiger partial charge in [0, 0.05) is 10.5 Å². The van der Waals surface area contributed by atoms with Gasteiger partial charge in [0.2, 0.25) is 5.75 Å². The van der Waals surface area contributed by atoms with Crippen LogP contribution in [-0.4, -0.2) is 39.8 Å². The van der Waals surface area contributed by atoms with Crippen LogP contribution in [-0.2, 0) is 14.3 Å². The van der Waals surface area contributed by atoms with Gasteiger partial charge in [-0.05, 0) is 42.0 Å². The zero-order valence-electron chi connectivity index (χ0n) is 16.0. The van der Waals surface area contributed by atoms with Gasteiger partial charge in [-0.2, -0.15) is 0 Å². The van der Waals surface area contributed by atoms with Crippen LogP contribution in [0.25, 0.3) is 6.08 Å². The first-order valence-corrected chi connectivity index (χ1v) is 9.07. The van der Waals surface area contributed by atoms with E-state index in [1.807, 2.05) is 0 Å². The summed E-state index contributed by atoms with van der Waals surface area (Å²) in [4.78, 5) is 23.7. The van der Waals surface area contributed by atoms with Crippen LogP contribution in [0.2, 0.25) is 0 Å². The van der Waals surface area contributed by atoms with Gasteiger partial charge in [-0.25, -0.2) is 9.18 Å². The van der Waals surface area contributed by atoms with E-state index in [9.17, 15) is 14.0 Å². The number of ether oxygens (including phenoxy) is 4. The molecule has 0 aliphatic carbocycles. The highest BCUT2D eigenvalue weighted by Crippen LogP contribution is 2.38. The van der Waals surface area contributed by atoms with Gasteiger partial charge in [-0.3, -0.25) is 4.79 Å². The largest absolute Gasteiger partial charge is 0.493 e. The lowest BCUT2D eigenvalue weighted by atomic mass is 10.1. The number of methoxy groups -OCH3 is 3. The van der Waals surface area contributed by atoms with Gasteiger partial charge in [0.15, 0.2) is 18.1 Å². The molecule has 0 unspecified atom stereocenters. The molecule has 0 aromatic heterocycles. The predicted molar refractivity (Wildman–Crippen MR) is 109 cm³/mol. The number of carbonyl (C=O) groups excluding carboxylic acids is 2. The number of esters is 1. The molecule has 2 aromatic carbocycles. The van der Waals surface area contributed by atoms with Crippen molar-refractivity contribution in [2.24, 2.45) is 0 Å². The van der Waals surface area contributed by atoms with Crippen molar-refractivity contribution in [1.29, 1.82) is 0 Å². The van der Waals surface area contributed by atoms with Crippen molar-refractivity contribution < 1.29 is 32.9 Å². The quantitative estimate of drug-likeness (QED) is 0.469. The van der Waals surface area contributed by atoms with E-state index < -0.39 is 24.3 Å². The molecule has 0 heterocycles. The first-order valence-electron chi connectivity index (χ1n) is 8.27. The van der Waals surface area contributed by atoms with E-state index in [0.29, 0.717) is 27.3 Å². The van der Waals surface area contributed by atoms with Crippen molar-refractivity contribution in [1.82, 2.24) is 0 Å². The zero-order valence-corrected chi connectivity index (χ0v) is 17.5. The van der Waals surface area contributed by atoms with Crippen molar-refractivity contribution in [3.8, 4) is 17.2 Å². The molecule has 1 amide bonds. The van der Waals surface area contributed by atoms with Gasteiger partial charge in [-0.1, -0.05) is 15.9 Å². The Bertz CT molecular complexity index is 906. The Balaban J connectivity index is 1.96. The third-order valence-electron chi connectivity index (χ3n) is 3.65. The molecular formula is C20H19BrFNO6. The molecule has 0 aliphatic heterocycles. The molecule has 0 spiro atoms. The Labute approximate surface area is 175 Å². The number of halogens is 2. The molecule has 0 saturated heterocycles. The molecule has 154 valence electrons. The van der Waals surface area contributed by atoms with Gasteiger partial charge in [0.05, 0.1) is 27.0 Å². The number of benzene rings is 2. The second-order valence-electron chi connectivity index (χ2n) is 5.57. The lowest BCUT2D eigenvalue weighted by molar-refractivity contribution is -0.142. The molecule has 2 aromatic rings. The van der Waals surface area contributed by atoms with Crippen LogP contribution in [0.1, 0.15) is 5.56 Å². The molecule has 0 radical (unpaired) electrons. The normalized spacial score (nSPS) is 10.5. The second kappa shape index (κ2) is 10.5. The van der Waals surface area contributed by atoms with Crippen LogP contribution in [0.3, 0.4) is 0 Å². The summed E-state index contributed by atoms with van der Waals surface area (Å²) >= 11 is 3.12. The highest BCUT2D eigenvalue weighted by atomic mass is 79.9. The Hall–Kier alpha value is -3.07. The van der Waals surface area contributed by atoms with E-state index in [2.05, 4.69) is 21.2 Å². The lowest BCUT2D eigenvalue weighted by Gasteiger charge is -2.12. The van der Waals surface area contributed by atoms with Crippen molar-refractivity contribution >= 4 is 39.6 Å². The van der Waals surface area contributed by atoms with E-state index in [4.69, 9.17) is 18.9 Å². The standard InChI is InChI=1S/C20H19BrFNO6/c1-26-16-8-12(9-17(27-2)20(16)28-3)4-7-19(25)29-11-18(24)23-15-6-5-13(21)10-14(15)22/h4-10H,11H2,1-3H3,(H,23,24). The van der Waals surface area contributed by atoms with Gasteiger partial charge in [-0.15, -0.1) is 0 Å². The van der Waals surface area contributed by atoms with Crippen molar-refractivity contribution in [3.63, 3.8) is 0 Å². The third kappa shape index (κ3) is 6.21. The number of nitrogens with one attached hydrogen (secondary N) is 1. The number of anilines is 1. The van der Waals surface area contributed by atoms with Crippen LogP contribution < -0.4 is 19.5 Å². The van der Waals surface area contributed by atoms with Crippen LogP contribution in [0.5, 0.6) is 17.2 Å². The summed E-state index contributed by atoms with van der Waals surface area (Å²) < 4.78 is 34.8. The molecule has 2 rings (SSSR count). The molecule has 7 nitrogen and oxygen atoms in total. The fourth-order valence-electron chi connectivity index (χ4n) is 2.32. The van der Waals surface area contributed by atoms with Crippen LogP contribution >= 0.6 is 15.9 Å². The van der Waals surface area contributed by atoms with Crippen molar-refractivity contribution in [3.05, 3.63) is 52.3 Å². The first-order chi connectivity index (χ1) is 13.9. The predicted octanol–water partition coefficient (Wildman–Crippen LogP) is 3.81. The molecular weight excluding hydrogens is 449 g/mol. The maximum atomic E-state index is 13.7. The van der Waals surface area contributed by atoms with E-state index in [1.165, 1.54) is 39.5 Å². The Kier molecular flexibility index (Phi) is 8.02. The van der Waals surface area contributed by atoms with Gasteiger partial charge in [0.1, 0.15) is 5.82 Å². The summed E-state index contributed by atoms with van der Waals surface area (Å²) in [6, 6.07) is 7.47. The summed E-state index contributed by atoms with van der Waals surface area (Å²) in [7, 11) is 4.44. The molecule has 29 heavy (non-hydrogen) atoms. The molecule has 0 bridgehead atoms. The number of hydrogen-bond acceptors (Lipinski definition) is 6. The number of carbonyl (C=O) groups is 2. The lowest BCUT2D eigenvalue weighted by Crippen LogP contribution is -2.20. The maximum absolute atomic E-state index is 13.7. The van der Waals surface area contributed by atoms with E-state index in [-0.39, 0.29) is 5.69 Å². The zero-order chi connectivity index (χ0) is 21.4. The van der Waals surface area contributed by atoms with E-state index in [1.54, 1.807) is 18.2 Å². The Morgan fingerprint density at radius 3 is 2.28 bits per heavy atom. The highest BCUT2D eigenvalue weighted by molar-refractivity contribution is 9.10. The molecule has 0 atom stereocenters. The molecule has 0 fully saturated rings. The van der Waals surface area contributed by atoms with Gasteiger partial charge >= 0.3 is 5.97 Å². The van der Waals surface area contributed by atoms with Crippen molar-refractivity contribution in [2.75, 3.05) is 33.3 Å². The monoisotopic (exact) mass is 467 g/mol. The minimum atomic E-state index is -0.745. The third-order valence-corrected chi connectivity index (χ3v) is 4.14. The number of rotatable bonds is 8. The fourth-order valence-corrected chi connectivity index (χ4v) is 2.66. The van der Waals surface area contributed by atoms with E-state index in [0.717, 1.165) is 6.08 Å². The number of amides is 1. The van der Waals surface area contributed by atoms with Gasteiger partial charge in [0.25, 0.3) is 5.91 Å². The minimum absolute atomic E-state index is 0.0118. The molecule has 0 aliphatic rings. The summed E-state index contributed by atoms with van der Waals surface area (Å²) in [5, 5.41) is 2.33. The maximum Gasteiger partial charge on any atom is 0.331 e. The van der Waals surface area contributed by atoms with Crippen LogP contribution in [0.15, 0.2) is 40.9 Å². The Morgan fingerprint density at radius 1 is 1.07 bits per heavy atom. The Morgan fingerprint density at radius 2 is 1.72 bits per heavy atom. The van der Waals surface area contributed by atoms with Crippen molar-refractivity contribution in [2.45, 2.75) is 0 Å². The van der Waals surface area contributed by atoms with Gasteiger partial charge < -0.3 is 24.3 Å². The average Bonchev–Trinajstić information content (AvgIpc) is 2.71. The average molecular weight is 468 g/mol. The molecule has 9 heteroatoms. The topological polar surface area (TPSA) is 83.1 Å². The molecule has 1 N–H and O–H groups in total. The summed E-state index contributed by atoms with van der Waals surface area (Å²) in [6.07, 6.45) is 2.62. The summed E-state index contributed by atoms with van der Waals surface area (Å²) in [5.74, 6) is -0.745. The smallest absolute Gasteiger partial charge is 0.331 e. The SMILES string of the molecule is COc1cc(C=CC(=O)OCC(=O)Nc2ccc(Br)cc2F)cc(OC)c1OC. The first kappa shape index (κ1) is 22.2. The highest BCUT2D eigenvalue weighted by Gasteiger charge is 2.13. The second-order valence-corrected chi connectivity index (χ2v) is 6.49. The number of hydrogen-bond donors (Lipinski definition) is 1.